The van der Waals surface area contributed by atoms with Crippen LogP contribution in [-0.4, -0.2) is 38.1 Å². The quantitative estimate of drug-likeness (QED) is 0.732. The van der Waals surface area contributed by atoms with E-state index >= 15 is 0 Å². The van der Waals surface area contributed by atoms with E-state index in [-0.39, 0.29) is 0 Å². The molecule has 0 radical (unpaired) electrons. The van der Waals surface area contributed by atoms with Crippen LogP contribution in [0.1, 0.15) is 33.1 Å². The third-order valence-corrected chi connectivity index (χ3v) is 3.14. The van der Waals surface area contributed by atoms with Crippen molar-refractivity contribution in [3.63, 3.8) is 0 Å². The monoisotopic (exact) mass is 222 g/mol. The summed E-state index contributed by atoms with van der Waals surface area (Å²) >= 11 is 0. The molecule has 1 N–H and O–H groups in total. The zero-order valence-electron chi connectivity index (χ0n) is 11.1. The van der Waals surface area contributed by atoms with Crippen molar-refractivity contribution in [2.24, 2.45) is 11.8 Å². The summed E-state index contributed by atoms with van der Waals surface area (Å²) in [5, 5.41) is 3.28. The van der Waals surface area contributed by atoms with E-state index in [1.54, 1.807) is 0 Å². The molecule has 1 aliphatic heterocycles. The van der Waals surface area contributed by atoms with E-state index in [1.165, 1.54) is 32.5 Å². The molecule has 1 fully saturated rings. The van der Waals surface area contributed by atoms with Crippen LogP contribution in [0, 0.1) is 23.7 Å². The normalized spacial score (nSPS) is 18.5. The van der Waals surface area contributed by atoms with Gasteiger partial charge in [-0.2, -0.15) is 0 Å². The van der Waals surface area contributed by atoms with Crippen molar-refractivity contribution >= 4 is 0 Å². The summed E-state index contributed by atoms with van der Waals surface area (Å²) in [6.07, 6.45) is 3.73. The van der Waals surface area contributed by atoms with Crippen LogP contribution in [0.4, 0.5) is 0 Å². The van der Waals surface area contributed by atoms with Crippen molar-refractivity contribution in [1.82, 2.24) is 10.2 Å². The van der Waals surface area contributed by atoms with Crippen LogP contribution < -0.4 is 5.32 Å². The minimum atomic E-state index is 0.515. The predicted octanol–water partition coefficient (Wildman–Crippen LogP) is 1.97. The van der Waals surface area contributed by atoms with Gasteiger partial charge in [0.05, 0.1) is 0 Å². The number of nitrogens with one attached hydrogen (secondary N) is 1. The van der Waals surface area contributed by atoms with Gasteiger partial charge < -0.3 is 10.2 Å². The van der Waals surface area contributed by atoms with Gasteiger partial charge in [-0.25, -0.2) is 0 Å². The number of piperidine rings is 1. The Bertz CT molecular complexity index is 229. The van der Waals surface area contributed by atoms with Gasteiger partial charge in [0.15, 0.2) is 0 Å². The van der Waals surface area contributed by atoms with Gasteiger partial charge in [0.25, 0.3) is 0 Å². The second-order valence-electron chi connectivity index (χ2n) is 5.07. The molecule has 0 aromatic carbocycles. The number of hydrogen-bond acceptors (Lipinski definition) is 2. The van der Waals surface area contributed by atoms with Crippen LogP contribution in [0.2, 0.25) is 0 Å². The highest BCUT2D eigenvalue weighted by molar-refractivity contribution is 5.01. The molecule has 1 saturated heterocycles. The summed E-state index contributed by atoms with van der Waals surface area (Å²) in [6, 6.07) is 0. The predicted molar refractivity (Wildman–Crippen MR) is 70.3 cm³/mol. The van der Waals surface area contributed by atoms with Crippen molar-refractivity contribution in [1.29, 1.82) is 0 Å². The lowest BCUT2D eigenvalue weighted by Crippen LogP contribution is -2.37. The fraction of sp³-hybridized carbons (Fsp3) is 0.857. The van der Waals surface area contributed by atoms with Crippen molar-refractivity contribution in [2.45, 2.75) is 33.1 Å². The highest BCUT2D eigenvalue weighted by atomic mass is 15.1. The SMILES string of the molecule is CNCC1CCN(CCC#CC(C)C)CC1. The van der Waals surface area contributed by atoms with E-state index in [4.69, 9.17) is 0 Å². The van der Waals surface area contributed by atoms with E-state index in [2.05, 4.69) is 35.9 Å². The summed E-state index contributed by atoms with van der Waals surface area (Å²) in [4.78, 5) is 2.56. The van der Waals surface area contributed by atoms with Crippen LogP contribution in [0.25, 0.3) is 0 Å². The fourth-order valence-electron chi connectivity index (χ4n) is 2.19. The molecule has 1 aliphatic rings. The Morgan fingerprint density at radius 1 is 1.31 bits per heavy atom. The Kier molecular flexibility index (Phi) is 6.52. The first kappa shape index (κ1) is 13.5. The molecule has 0 amide bonds. The van der Waals surface area contributed by atoms with Gasteiger partial charge in [-0.3, -0.25) is 0 Å². The third kappa shape index (κ3) is 5.53. The minimum absolute atomic E-state index is 0.515. The third-order valence-electron chi connectivity index (χ3n) is 3.14. The van der Waals surface area contributed by atoms with Gasteiger partial charge in [-0.1, -0.05) is 13.8 Å². The van der Waals surface area contributed by atoms with Gasteiger partial charge in [0.2, 0.25) is 0 Å². The smallest absolute Gasteiger partial charge is 0.0217 e. The molecule has 0 saturated carbocycles. The Morgan fingerprint density at radius 3 is 2.56 bits per heavy atom. The average molecular weight is 222 g/mol. The Labute approximate surface area is 101 Å². The van der Waals surface area contributed by atoms with E-state index in [0.717, 1.165) is 18.9 Å². The summed E-state index contributed by atoms with van der Waals surface area (Å²) < 4.78 is 0. The molecule has 0 spiro atoms. The Hall–Kier alpha value is -0.520. The molecule has 16 heavy (non-hydrogen) atoms. The van der Waals surface area contributed by atoms with Crippen molar-refractivity contribution < 1.29 is 0 Å². The van der Waals surface area contributed by atoms with Crippen molar-refractivity contribution in [3.05, 3.63) is 0 Å². The van der Waals surface area contributed by atoms with E-state index < -0.39 is 0 Å². The van der Waals surface area contributed by atoms with Gasteiger partial charge in [0.1, 0.15) is 0 Å². The topological polar surface area (TPSA) is 15.3 Å². The molecule has 0 aromatic heterocycles. The minimum Gasteiger partial charge on any atom is -0.319 e. The Morgan fingerprint density at radius 2 is 2.00 bits per heavy atom. The average Bonchev–Trinajstić information content (AvgIpc) is 2.27. The van der Waals surface area contributed by atoms with Gasteiger partial charge in [-0.15, -0.1) is 11.8 Å². The molecular weight excluding hydrogens is 196 g/mol. The molecule has 92 valence electrons. The zero-order valence-corrected chi connectivity index (χ0v) is 11.1. The first-order chi connectivity index (χ1) is 7.72. The molecular formula is C14H26N2. The lowest BCUT2D eigenvalue weighted by molar-refractivity contribution is 0.187. The van der Waals surface area contributed by atoms with E-state index in [1.807, 2.05) is 7.05 Å². The first-order valence-corrected chi connectivity index (χ1v) is 6.57. The summed E-state index contributed by atoms with van der Waals surface area (Å²) in [5.41, 5.74) is 0. The fourth-order valence-corrected chi connectivity index (χ4v) is 2.19. The lowest BCUT2D eigenvalue weighted by Gasteiger charge is -2.31. The maximum absolute atomic E-state index is 3.28. The molecule has 1 rings (SSSR count). The zero-order chi connectivity index (χ0) is 11.8. The van der Waals surface area contributed by atoms with Crippen LogP contribution in [0.5, 0.6) is 0 Å². The van der Waals surface area contributed by atoms with Crippen molar-refractivity contribution in [2.75, 3.05) is 33.2 Å². The molecule has 0 aromatic rings. The summed E-state index contributed by atoms with van der Waals surface area (Å²) in [7, 11) is 2.05. The van der Waals surface area contributed by atoms with Gasteiger partial charge >= 0.3 is 0 Å². The largest absolute Gasteiger partial charge is 0.319 e. The molecule has 1 heterocycles. The van der Waals surface area contributed by atoms with Crippen LogP contribution in [0.3, 0.4) is 0 Å². The second-order valence-corrected chi connectivity index (χ2v) is 5.07. The summed E-state index contributed by atoms with van der Waals surface area (Å²) in [5.74, 6) is 7.90. The highest BCUT2D eigenvalue weighted by Gasteiger charge is 2.17. The van der Waals surface area contributed by atoms with Gasteiger partial charge in [0, 0.05) is 18.9 Å². The number of nitrogens with zero attached hydrogens (tertiary/aromatic N) is 1. The van der Waals surface area contributed by atoms with Gasteiger partial charge in [-0.05, 0) is 45.4 Å². The molecule has 0 bridgehead atoms. The molecule has 0 aliphatic carbocycles. The Balaban J connectivity index is 2.11. The molecule has 0 atom stereocenters. The lowest BCUT2D eigenvalue weighted by atomic mass is 9.97. The number of rotatable bonds is 4. The highest BCUT2D eigenvalue weighted by Crippen LogP contribution is 2.16. The maximum atomic E-state index is 3.28. The van der Waals surface area contributed by atoms with Crippen LogP contribution in [0.15, 0.2) is 0 Å². The first-order valence-electron chi connectivity index (χ1n) is 6.57. The standard InChI is InChI=1S/C14H26N2/c1-13(2)6-4-5-9-16-10-7-14(8-11-16)12-15-3/h13-15H,5,7-12H2,1-3H3. The van der Waals surface area contributed by atoms with E-state index in [0.29, 0.717) is 5.92 Å². The second kappa shape index (κ2) is 7.70. The number of hydrogen-bond donors (Lipinski definition) is 1. The molecule has 2 heteroatoms. The maximum Gasteiger partial charge on any atom is 0.0217 e. The number of likely N-dealkylation sites (tertiary alicyclic amines) is 1. The van der Waals surface area contributed by atoms with Crippen molar-refractivity contribution in [3.8, 4) is 11.8 Å². The molecule has 0 unspecified atom stereocenters. The van der Waals surface area contributed by atoms with Crippen LogP contribution in [-0.2, 0) is 0 Å². The van der Waals surface area contributed by atoms with Crippen LogP contribution >= 0.6 is 0 Å². The van der Waals surface area contributed by atoms with E-state index in [9.17, 15) is 0 Å². The summed E-state index contributed by atoms with van der Waals surface area (Å²) in [6.45, 7) is 9.16. The molecule has 2 nitrogen and oxygen atoms in total.